The second-order valence-corrected chi connectivity index (χ2v) is 10.2. The van der Waals surface area contributed by atoms with Gasteiger partial charge in [0, 0.05) is 18.3 Å². The van der Waals surface area contributed by atoms with E-state index in [1.165, 1.54) is 24.2 Å². The molecule has 1 atom stereocenters. The van der Waals surface area contributed by atoms with Gasteiger partial charge in [0.15, 0.2) is 11.9 Å². The average Bonchev–Trinajstić information content (AvgIpc) is 3.04. The van der Waals surface area contributed by atoms with Gasteiger partial charge in [-0.05, 0) is 80.9 Å². The minimum atomic E-state index is -0.747. The molecule has 164 valence electrons. The molecule has 4 bridgehead atoms. The number of benzene rings is 1. The monoisotopic (exact) mass is 423 g/mol. The fourth-order valence-corrected chi connectivity index (χ4v) is 6.85. The molecule has 1 saturated heterocycles. The van der Waals surface area contributed by atoms with Crippen LogP contribution in [0.2, 0.25) is 0 Å². The SMILES string of the molecule is C[C@H](OC(=O)c1ccc(CN2C(=O)CCC2=O)cc1)C(=O)C12CC3CC(CC(C3)C1)C2. The molecule has 6 heteroatoms. The van der Waals surface area contributed by atoms with Crippen molar-refractivity contribution in [2.24, 2.45) is 23.2 Å². The molecule has 6 nitrogen and oxygen atoms in total. The van der Waals surface area contributed by atoms with Gasteiger partial charge in [-0.1, -0.05) is 12.1 Å². The number of amides is 2. The predicted molar refractivity (Wildman–Crippen MR) is 112 cm³/mol. The van der Waals surface area contributed by atoms with E-state index in [0.717, 1.165) is 24.8 Å². The molecule has 31 heavy (non-hydrogen) atoms. The summed E-state index contributed by atoms with van der Waals surface area (Å²) >= 11 is 0. The normalized spacial score (nSPS) is 32.4. The van der Waals surface area contributed by atoms with Gasteiger partial charge in [-0.15, -0.1) is 0 Å². The molecule has 4 aliphatic carbocycles. The highest BCUT2D eigenvalue weighted by atomic mass is 16.5. The lowest BCUT2D eigenvalue weighted by Gasteiger charge is -2.56. The van der Waals surface area contributed by atoms with E-state index in [-0.39, 0.29) is 42.4 Å². The fraction of sp³-hybridized carbons (Fsp3) is 0.600. The summed E-state index contributed by atoms with van der Waals surface area (Å²) in [5.74, 6) is 1.27. The summed E-state index contributed by atoms with van der Waals surface area (Å²) in [7, 11) is 0. The highest BCUT2D eigenvalue weighted by molar-refractivity contribution is 6.01. The molecule has 5 fully saturated rings. The van der Waals surface area contributed by atoms with Crippen LogP contribution in [0.25, 0.3) is 0 Å². The molecule has 0 radical (unpaired) electrons. The van der Waals surface area contributed by atoms with Crippen LogP contribution in [-0.4, -0.2) is 34.6 Å². The van der Waals surface area contributed by atoms with Crippen LogP contribution in [0.3, 0.4) is 0 Å². The number of rotatable bonds is 6. The maximum absolute atomic E-state index is 13.3. The first-order valence-electron chi connectivity index (χ1n) is 11.5. The Hall–Kier alpha value is -2.50. The smallest absolute Gasteiger partial charge is 0.338 e. The lowest BCUT2D eigenvalue weighted by molar-refractivity contribution is -0.152. The molecule has 0 spiro atoms. The van der Waals surface area contributed by atoms with E-state index in [2.05, 4.69) is 0 Å². The number of imide groups is 1. The first-order valence-corrected chi connectivity index (χ1v) is 11.5. The Kier molecular flexibility index (Phi) is 4.98. The summed E-state index contributed by atoms with van der Waals surface area (Å²) in [6.45, 7) is 1.92. The Bertz CT molecular complexity index is 882. The third kappa shape index (κ3) is 3.70. The van der Waals surface area contributed by atoms with Crippen molar-refractivity contribution in [1.29, 1.82) is 0 Å². The number of carbonyl (C=O) groups is 4. The molecule has 1 heterocycles. The van der Waals surface area contributed by atoms with Crippen LogP contribution in [0.1, 0.15) is 74.2 Å². The van der Waals surface area contributed by atoms with E-state index in [9.17, 15) is 19.2 Å². The third-order valence-corrected chi connectivity index (χ3v) is 7.90. The van der Waals surface area contributed by atoms with Gasteiger partial charge in [0.1, 0.15) is 0 Å². The Labute approximate surface area is 182 Å². The number of Topliss-reactive ketones (excluding diaryl/α,β-unsaturated/α-hetero) is 1. The summed E-state index contributed by atoms with van der Waals surface area (Å²) < 4.78 is 5.59. The lowest BCUT2D eigenvalue weighted by atomic mass is 9.48. The van der Waals surface area contributed by atoms with Gasteiger partial charge in [-0.25, -0.2) is 4.79 Å². The molecule has 1 aromatic carbocycles. The third-order valence-electron chi connectivity index (χ3n) is 7.90. The van der Waals surface area contributed by atoms with Gasteiger partial charge in [-0.3, -0.25) is 19.3 Å². The van der Waals surface area contributed by atoms with Crippen LogP contribution >= 0.6 is 0 Å². The van der Waals surface area contributed by atoms with Gasteiger partial charge < -0.3 is 4.74 Å². The van der Waals surface area contributed by atoms with E-state index >= 15 is 0 Å². The van der Waals surface area contributed by atoms with E-state index in [4.69, 9.17) is 4.74 Å². The maximum Gasteiger partial charge on any atom is 0.338 e. The Morgan fingerprint density at radius 2 is 1.48 bits per heavy atom. The van der Waals surface area contributed by atoms with Crippen LogP contribution in [0.5, 0.6) is 0 Å². The van der Waals surface area contributed by atoms with Crippen LogP contribution < -0.4 is 0 Å². The first-order chi connectivity index (χ1) is 14.8. The van der Waals surface area contributed by atoms with Gasteiger partial charge >= 0.3 is 5.97 Å². The molecular formula is C25H29NO5. The number of esters is 1. The largest absolute Gasteiger partial charge is 0.451 e. The van der Waals surface area contributed by atoms with Crippen molar-refractivity contribution in [1.82, 2.24) is 4.90 Å². The first kappa shape index (κ1) is 20.4. The second-order valence-electron chi connectivity index (χ2n) is 10.2. The number of nitrogens with zero attached hydrogens (tertiary/aromatic N) is 1. The molecule has 1 aromatic rings. The van der Waals surface area contributed by atoms with Crippen LogP contribution in [0.4, 0.5) is 0 Å². The molecular weight excluding hydrogens is 394 g/mol. The van der Waals surface area contributed by atoms with Gasteiger partial charge in [0.25, 0.3) is 0 Å². The molecule has 4 saturated carbocycles. The lowest BCUT2D eigenvalue weighted by Crippen LogP contribution is -2.52. The van der Waals surface area contributed by atoms with E-state index in [1.54, 1.807) is 31.2 Å². The van der Waals surface area contributed by atoms with Crippen molar-refractivity contribution in [3.63, 3.8) is 0 Å². The Balaban J connectivity index is 1.21. The number of hydrogen-bond acceptors (Lipinski definition) is 5. The molecule has 0 unspecified atom stereocenters. The number of ketones is 1. The second kappa shape index (κ2) is 7.57. The molecule has 6 rings (SSSR count). The van der Waals surface area contributed by atoms with Crippen molar-refractivity contribution in [3.05, 3.63) is 35.4 Å². The zero-order chi connectivity index (χ0) is 21.8. The van der Waals surface area contributed by atoms with E-state index < -0.39 is 12.1 Å². The molecule has 0 aromatic heterocycles. The highest BCUT2D eigenvalue weighted by Gasteiger charge is 2.55. The van der Waals surface area contributed by atoms with Crippen molar-refractivity contribution >= 4 is 23.6 Å². The van der Waals surface area contributed by atoms with Crippen molar-refractivity contribution in [2.45, 2.75) is 70.9 Å². The molecule has 2 amide bonds. The van der Waals surface area contributed by atoms with E-state index in [0.29, 0.717) is 23.3 Å². The minimum Gasteiger partial charge on any atom is -0.451 e. The minimum absolute atomic E-state index is 0.0997. The Morgan fingerprint density at radius 3 is 2.00 bits per heavy atom. The summed E-state index contributed by atoms with van der Waals surface area (Å²) in [4.78, 5) is 50.8. The number of hydrogen-bond donors (Lipinski definition) is 0. The number of likely N-dealkylation sites (tertiary alicyclic amines) is 1. The zero-order valence-corrected chi connectivity index (χ0v) is 18.0. The standard InChI is InChI=1S/C25H29NO5/c1-15(23(29)25-11-17-8-18(12-25)10-19(9-17)13-25)31-24(30)20-4-2-16(3-5-20)14-26-21(27)6-7-22(26)28/h2-5,15,17-19H,6-14H2,1H3/t15-,17?,18?,19?,25?/m0/s1. The predicted octanol–water partition coefficient (Wildman–Crippen LogP) is 3.67. The fourth-order valence-electron chi connectivity index (χ4n) is 6.85. The number of carbonyl (C=O) groups excluding carboxylic acids is 4. The average molecular weight is 424 g/mol. The van der Waals surface area contributed by atoms with Crippen LogP contribution in [-0.2, 0) is 25.7 Å². The molecule has 5 aliphatic rings. The van der Waals surface area contributed by atoms with Crippen LogP contribution in [0, 0.1) is 23.2 Å². The summed E-state index contributed by atoms with van der Waals surface area (Å²) in [5.41, 5.74) is 0.860. The Morgan fingerprint density at radius 1 is 0.968 bits per heavy atom. The topological polar surface area (TPSA) is 80.8 Å². The van der Waals surface area contributed by atoms with Crippen LogP contribution in [0.15, 0.2) is 24.3 Å². The van der Waals surface area contributed by atoms with E-state index in [1.807, 2.05) is 0 Å². The highest BCUT2D eigenvalue weighted by Crippen LogP contribution is 2.60. The van der Waals surface area contributed by atoms with Crippen molar-refractivity contribution < 1.29 is 23.9 Å². The zero-order valence-electron chi connectivity index (χ0n) is 18.0. The summed E-state index contributed by atoms with van der Waals surface area (Å²) in [5, 5.41) is 0. The molecule has 1 aliphatic heterocycles. The van der Waals surface area contributed by atoms with Gasteiger partial charge in [0.05, 0.1) is 12.1 Å². The van der Waals surface area contributed by atoms with Crippen molar-refractivity contribution in [2.75, 3.05) is 0 Å². The summed E-state index contributed by atoms with van der Waals surface area (Å²) in [6, 6.07) is 6.71. The van der Waals surface area contributed by atoms with Crippen molar-refractivity contribution in [3.8, 4) is 0 Å². The quantitative estimate of drug-likeness (QED) is 0.515. The number of ether oxygens (including phenoxy) is 1. The maximum atomic E-state index is 13.3. The van der Waals surface area contributed by atoms with Gasteiger partial charge in [0.2, 0.25) is 11.8 Å². The van der Waals surface area contributed by atoms with Gasteiger partial charge in [-0.2, -0.15) is 0 Å². The molecule has 0 N–H and O–H groups in total. The summed E-state index contributed by atoms with van der Waals surface area (Å²) in [6.07, 6.45) is 6.46.